The van der Waals surface area contributed by atoms with E-state index in [0.717, 1.165) is 31.4 Å². The highest BCUT2D eigenvalue weighted by Gasteiger charge is 2.46. The summed E-state index contributed by atoms with van der Waals surface area (Å²) in [7, 11) is 3.89. The van der Waals surface area contributed by atoms with E-state index < -0.39 is 234 Å². The topological polar surface area (TPSA) is 656 Å². The molecule has 18 amide bonds. The van der Waals surface area contributed by atoms with Gasteiger partial charge < -0.3 is 126 Å². The number of unbranched alkanes of at least 4 members (excludes halogenated alkanes) is 2. The maximum atomic E-state index is 15.7. The van der Waals surface area contributed by atoms with Crippen LogP contribution in [0.25, 0.3) is 21.8 Å². The Morgan fingerprint density at radius 3 is 1.53 bits per heavy atom. The van der Waals surface area contributed by atoms with Crippen molar-refractivity contribution in [1.82, 2.24) is 93.0 Å². The van der Waals surface area contributed by atoms with Crippen LogP contribution in [0.5, 0.6) is 5.75 Å². The van der Waals surface area contributed by atoms with Gasteiger partial charge >= 0.3 is 0 Å². The smallest absolute Gasteiger partial charge is 0.246 e. The summed E-state index contributed by atoms with van der Waals surface area (Å²) < 4.78 is 0. The van der Waals surface area contributed by atoms with Gasteiger partial charge in [-0.1, -0.05) is 102 Å². The van der Waals surface area contributed by atoms with Crippen molar-refractivity contribution in [3.8, 4) is 5.75 Å². The van der Waals surface area contributed by atoms with Crippen molar-refractivity contribution in [2.45, 2.75) is 235 Å². The first-order valence-electron chi connectivity index (χ1n) is 44.6. The SMILES string of the molecule is CCCC[C@H]1C(=O)N(C)[C@@H](CCCC)C(=O)N[C@@H](CCCNC(=N)N)C(=O)NC(C(=O)NCC(N)=O)CSCC(=O)N[C@@H](Cc2ccc(O)cc2)C(=O)N(C)[C@@H](C)C(=O)N[C@@H](CC(N)=O)C(=O)N2CCC[C@H]2C(=O)N[C@@H](CC(N)=O)C(=O)N[C@@H](CC(C)C)C(=O)N2CCC[C@H]2C(=O)N[C@@H](Cc2c[nH]c3ccccc23)C(=O)N[C@@H](CO)C(=O)N[C@@H](Cc2c[nH]c3ccccc23)C(=O)N1C. The van der Waals surface area contributed by atoms with Crippen molar-refractivity contribution in [2.75, 3.05) is 65.4 Å². The number of thioether (sulfide) groups is 1. The average Bonchev–Trinajstić information content (AvgIpc) is 1.67. The number of nitrogens with two attached hydrogens (primary N) is 4. The van der Waals surface area contributed by atoms with Gasteiger partial charge in [-0.25, -0.2) is 0 Å². The number of aromatic amines is 2. The second-order valence-electron chi connectivity index (χ2n) is 34.2. The number of benzene rings is 3. The number of aromatic nitrogens is 2. The van der Waals surface area contributed by atoms with Crippen LogP contribution >= 0.6 is 11.8 Å². The number of aliphatic hydroxyl groups is 1. The number of nitrogens with zero attached hydrogens (tertiary/aromatic N) is 5. The molecule has 0 radical (unpaired) electrons. The summed E-state index contributed by atoms with van der Waals surface area (Å²) in [5, 5.41) is 59.2. The van der Waals surface area contributed by atoms with Gasteiger partial charge in [-0.05, 0) is 112 Å². The second kappa shape index (κ2) is 50.3. The maximum Gasteiger partial charge on any atom is 0.246 e. The molecule has 3 aromatic carbocycles. The van der Waals surface area contributed by atoms with Gasteiger partial charge in [-0.3, -0.25) is 91.7 Å². The number of fused-ring (bicyclic) bond motifs is 4. The Morgan fingerprint density at radius 2 is 0.970 bits per heavy atom. The standard InChI is InChI=1S/C89H127N23O20S/c1-9-11-25-67-81(125)100-58(24-17-33-95-89(93)94)77(121)107-66(76(120)98-44-73(92)117)46-133-47-74(118)99-62(37-50-29-31-53(114)32-30-50)84(128)108(6)49(5)75(119)103-64(41-72(91)116)87(131)112-35-19-28-69(112)83(127)102-60(40-71(90)115)79(123)104-61(36-48(3)4)86(130)111-34-18-27-68(111)82(126)101-59(38-51-42-96-56-22-15-13-20-54(51)56)78(122)106-65(45-113)80(124)105-63(39-52-43-97-57-23-16-14-21-55(52)57)85(129)110(8)70(26-12-10-2)88(132)109(67)7/h13-16,20-23,29-32,42-43,48-49,58-70,96-97,113-114H,9-12,17-19,24-28,33-41,44-47H2,1-8H3,(H2,90,115)(H2,91,116)(H2,92,117)(H,98,120)(H,99,118)(H,100,125)(H,101,126)(H,102,127)(H,103,119)(H,104,123)(H,105,124)(H,106,122)(H,107,121)(H4,93,94,95)/t49-,58-,59-,60-,61-,62-,63-,64-,65-,66?,67-,68-,69-,70-/m0/s1. The van der Waals surface area contributed by atoms with Crippen LogP contribution in [0.2, 0.25) is 0 Å². The van der Waals surface area contributed by atoms with Gasteiger partial charge in [-0.2, -0.15) is 0 Å². The third-order valence-corrected chi connectivity index (χ3v) is 24.8. The molecule has 43 nitrogen and oxygen atoms in total. The number of aliphatic hydroxyl groups excluding tert-OH is 1. The molecule has 0 bridgehead atoms. The van der Waals surface area contributed by atoms with E-state index in [1.807, 2.05) is 13.8 Å². The fourth-order valence-electron chi connectivity index (χ4n) is 16.4. The molecule has 3 aliphatic heterocycles. The summed E-state index contributed by atoms with van der Waals surface area (Å²) in [5.41, 5.74) is 25.1. The zero-order valence-corrected chi connectivity index (χ0v) is 76.9. The number of amides is 18. The number of rotatable bonds is 26. The van der Waals surface area contributed by atoms with Crippen molar-refractivity contribution in [2.24, 2.45) is 28.9 Å². The molecular weight excluding hydrogens is 1740 g/mol. The predicted octanol–water partition coefficient (Wildman–Crippen LogP) is -2.99. The molecule has 3 aliphatic rings. The van der Waals surface area contributed by atoms with Gasteiger partial charge in [0, 0.05) is 100.0 Å². The monoisotopic (exact) mass is 1870 g/mol. The molecule has 8 rings (SSSR count). The van der Waals surface area contributed by atoms with Crippen molar-refractivity contribution in [3.05, 3.63) is 102 Å². The van der Waals surface area contributed by atoms with Crippen LogP contribution < -0.4 is 81.4 Å². The Hall–Kier alpha value is -13.4. The molecule has 1 unspecified atom stereocenters. The minimum Gasteiger partial charge on any atom is -0.508 e. The fraction of sp³-hybridized carbons (Fsp3) is 0.539. The molecule has 0 aliphatic carbocycles. The number of guanidine groups is 1. The number of phenols is 1. The highest BCUT2D eigenvalue weighted by atomic mass is 32.2. The first-order chi connectivity index (χ1) is 63.2. The molecule has 44 heteroatoms. The molecule has 724 valence electrons. The number of hydrogen-bond donors (Lipinski definition) is 20. The molecule has 0 spiro atoms. The van der Waals surface area contributed by atoms with E-state index in [4.69, 9.17) is 28.3 Å². The number of aromatic hydroxyl groups is 1. The number of H-pyrrole nitrogens is 2. The minimum atomic E-state index is -1.87. The Balaban J connectivity index is 1.19. The number of primary amides is 3. The van der Waals surface area contributed by atoms with Crippen molar-refractivity contribution in [1.29, 1.82) is 5.41 Å². The Labute approximate surface area is 773 Å². The third kappa shape index (κ3) is 29.8. The average molecular weight is 1870 g/mol. The van der Waals surface area contributed by atoms with Gasteiger partial charge in [0.2, 0.25) is 106 Å². The molecule has 14 atom stereocenters. The Kier molecular flexibility index (Phi) is 39.7. The quantitative estimate of drug-likeness (QED) is 0.0149. The van der Waals surface area contributed by atoms with Gasteiger partial charge in [0.25, 0.3) is 0 Å². The highest BCUT2D eigenvalue weighted by molar-refractivity contribution is 8.00. The summed E-state index contributed by atoms with van der Waals surface area (Å²) in [6.07, 6.45) is 2.39. The van der Waals surface area contributed by atoms with Gasteiger partial charge in [0.15, 0.2) is 5.96 Å². The highest BCUT2D eigenvalue weighted by Crippen LogP contribution is 2.28. The van der Waals surface area contributed by atoms with E-state index in [1.165, 1.54) is 57.2 Å². The van der Waals surface area contributed by atoms with Crippen LogP contribution in [0.15, 0.2) is 85.2 Å². The molecule has 5 heterocycles. The second-order valence-corrected chi connectivity index (χ2v) is 35.2. The number of phenolic OH excluding ortho intramolecular Hbond substituents is 1. The van der Waals surface area contributed by atoms with Crippen LogP contribution in [0.1, 0.15) is 148 Å². The summed E-state index contributed by atoms with van der Waals surface area (Å²) in [5.74, 6) is -19.3. The summed E-state index contributed by atoms with van der Waals surface area (Å²) in [4.78, 5) is 274. The predicted molar refractivity (Wildman–Crippen MR) is 490 cm³/mol. The van der Waals surface area contributed by atoms with Crippen molar-refractivity contribution >= 4 is 146 Å². The molecule has 133 heavy (non-hydrogen) atoms. The molecule has 24 N–H and O–H groups in total. The first-order valence-corrected chi connectivity index (χ1v) is 45.8. The summed E-state index contributed by atoms with van der Waals surface area (Å²) in [6.45, 7) is 6.35. The van der Waals surface area contributed by atoms with Gasteiger partial charge in [0.05, 0.1) is 31.7 Å². The fourth-order valence-corrected chi connectivity index (χ4v) is 17.2. The van der Waals surface area contributed by atoms with Gasteiger partial charge in [-0.15, -0.1) is 11.8 Å². The lowest BCUT2D eigenvalue weighted by atomic mass is 10.00. The van der Waals surface area contributed by atoms with Crippen LogP contribution in [0.3, 0.4) is 0 Å². The van der Waals surface area contributed by atoms with E-state index >= 15 is 33.6 Å². The van der Waals surface area contributed by atoms with E-state index in [-0.39, 0.29) is 108 Å². The largest absolute Gasteiger partial charge is 0.508 e. The molecule has 0 saturated carbocycles. The maximum absolute atomic E-state index is 15.7. The molecule has 3 saturated heterocycles. The van der Waals surface area contributed by atoms with Crippen molar-refractivity contribution < 1.29 is 96.5 Å². The lowest BCUT2D eigenvalue weighted by molar-refractivity contribution is -0.149. The lowest BCUT2D eigenvalue weighted by Crippen LogP contribution is -2.62. The normalized spacial score (nSPS) is 24.4. The zero-order valence-electron chi connectivity index (χ0n) is 76.1. The van der Waals surface area contributed by atoms with Crippen LogP contribution in [0, 0.1) is 11.3 Å². The number of para-hydroxylation sites is 2. The molecular formula is C89H127N23O20S. The van der Waals surface area contributed by atoms with E-state index in [1.54, 1.807) is 74.8 Å². The third-order valence-electron chi connectivity index (χ3n) is 23.7. The van der Waals surface area contributed by atoms with Crippen molar-refractivity contribution in [3.63, 3.8) is 0 Å². The van der Waals surface area contributed by atoms with E-state index in [0.29, 0.717) is 64.2 Å². The summed E-state index contributed by atoms with van der Waals surface area (Å²) in [6, 6.07) is -2.27. The first kappa shape index (κ1) is 105. The molecule has 3 fully saturated rings. The van der Waals surface area contributed by atoms with Crippen LogP contribution in [0.4, 0.5) is 0 Å². The van der Waals surface area contributed by atoms with Crippen LogP contribution in [-0.4, -0.2) is 307 Å². The zero-order chi connectivity index (χ0) is 97.6. The lowest BCUT2D eigenvalue weighted by Gasteiger charge is -2.36. The number of likely N-dealkylation sites (N-methyl/N-ethyl adjacent to an activating group) is 3. The summed E-state index contributed by atoms with van der Waals surface area (Å²) >= 11 is 0.753. The number of nitrogens with one attached hydrogen (secondary N) is 14. The van der Waals surface area contributed by atoms with Crippen LogP contribution in [-0.2, 0) is 106 Å². The number of hydrogen-bond acceptors (Lipinski definition) is 22. The Bertz CT molecular complexity index is 5030. The van der Waals surface area contributed by atoms with E-state index in [2.05, 4.69) is 68.5 Å². The molecule has 5 aromatic rings. The minimum absolute atomic E-state index is 0.00704. The van der Waals surface area contributed by atoms with Gasteiger partial charge in [0.1, 0.15) is 90.3 Å². The molecule has 2 aromatic heterocycles. The number of carbonyl (C=O) groups is 18. The van der Waals surface area contributed by atoms with E-state index in [9.17, 15) is 63.0 Å². The number of carbonyl (C=O) groups excluding carboxylic acids is 18. The Morgan fingerprint density at radius 1 is 0.496 bits per heavy atom.